The van der Waals surface area contributed by atoms with Gasteiger partial charge in [0, 0.05) is 23.9 Å². The Bertz CT molecular complexity index is 759. The molecule has 2 heterocycles. The number of hydrogen-bond acceptors (Lipinski definition) is 5. The van der Waals surface area contributed by atoms with E-state index in [9.17, 15) is 4.79 Å². The van der Waals surface area contributed by atoms with Crippen molar-refractivity contribution in [1.29, 1.82) is 0 Å². The monoisotopic (exact) mass is 339 g/mol. The van der Waals surface area contributed by atoms with E-state index in [1.54, 1.807) is 6.07 Å². The lowest BCUT2D eigenvalue weighted by atomic mass is 9.95. The van der Waals surface area contributed by atoms with Gasteiger partial charge in [-0.15, -0.1) is 0 Å². The summed E-state index contributed by atoms with van der Waals surface area (Å²) < 4.78 is 0. The molecule has 0 saturated heterocycles. The lowest BCUT2D eigenvalue weighted by molar-refractivity contribution is 0.0951. The molecule has 0 atom stereocenters. The van der Waals surface area contributed by atoms with Gasteiger partial charge < -0.3 is 16.4 Å². The molecule has 0 unspecified atom stereocenters. The first-order valence-electron chi connectivity index (χ1n) is 8.90. The maximum atomic E-state index is 12.6. The fourth-order valence-corrected chi connectivity index (χ4v) is 3.30. The van der Waals surface area contributed by atoms with Crippen LogP contribution in [0.1, 0.15) is 53.6 Å². The molecule has 6 nitrogen and oxygen atoms in total. The highest BCUT2D eigenvalue weighted by molar-refractivity contribution is 5.97. The fraction of sp³-hybridized carbons (Fsp3) is 0.421. The van der Waals surface area contributed by atoms with Gasteiger partial charge in [0.2, 0.25) is 0 Å². The van der Waals surface area contributed by atoms with Crippen LogP contribution in [0.2, 0.25) is 0 Å². The second-order valence-electron chi connectivity index (χ2n) is 6.55. The number of nitrogens with one attached hydrogen (secondary N) is 2. The highest BCUT2D eigenvalue weighted by Gasteiger charge is 2.16. The molecule has 25 heavy (non-hydrogen) atoms. The number of fused-ring (bicyclic) bond motifs is 1. The van der Waals surface area contributed by atoms with Crippen LogP contribution in [-0.4, -0.2) is 22.4 Å². The van der Waals surface area contributed by atoms with Crippen molar-refractivity contribution in [2.24, 2.45) is 0 Å². The van der Waals surface area contributed by atoms with Crippen molar-refractivity contribution in [3.63, 3.8) is 0 Å². The Morgan fingerprint density at radius 2 is 1.88 bits per heavy atom. The van der Waals surface area contributed by atoms with Gasteiger partial charge in [-0.3, -0.25) is 4.79 Å². The Balaban J connectivity index is 1.91. The van der Waals surface area contributed by atoms with E-state index in [1.165, 1.54) is 25.6 Å². The molecular weight excluding hydrogens is 314 g/mol. The number of nitrogens with zero attached hydrogens (tertiary/aromatic N) is 2. The van der Waals surface area contributed by atoms with Crippen LogP contribution in [0.15, 0.2) is 24.5 Å². The molecule has 4 N–H and O–H groups in total. The molecule has 0 bridgehead atoms. The number of aromatic nitrogens is 2. The van der Waals surface area contributed by atoms with Gasteiger partial charge >= 0.3 is 0 Å². The van der Waals surface area contributed by atoms with Gasteiger partial charge in [-0.05, 0) is 49.4 Å². The number of amides is 1. The Kier molecular flexibility index (Phi) is 5.48. The van der Waals surface area contributed by atoms with Crippen molar-refractivity contribution in [3.05, 3.63) is 41.2 Å². The SMILES string of the molecule is Cc1cc(Nc2cc(N)ncn2)cc2c1C(=O)NCCCCCCC2. The fourth-order valence-electron chi connectivity index (χ4n) is 3.30. The number of rotatable bonds is 2. The van der Waals surface area contributed by atoms with E-state index in [2.05, 4.69) is 26.7 Å². The van der Waals surface area contributed by atoms with E-state index < -0.39 is 0 Å². The minimum atomic E-state index is 0.0345. The maximum Gasteiger partial charge on any atom is 0.251 e. The molecule has 0 radical (unpaired) electrons. The smallest absolute Gasteiger partial charge is 0.251 e. The van der Waals surface area contributed by atoms with Crippen molar-refractivity contribution < 1.29 is 4.79 Å². The molecule has 1 aliphatic rings. The minimum Gasteiger partial charge on any atom is -0.384 e. The summed E-state index contributed by atoms with van der Waals surface area (Å²) in [5, 5.41) is 6.32. The predicted molar refractivity (Wildman–Crippen MR) is 100 cm³/mol. The van der Waals surface area contributed by atoms with Crippen LogP contribution in [0, 0.1) is 6.92 Å². The normalized spacial score (nSPS) is 15.6. The molecule has 0 aliphatic carbocycles. The van der Waals surface area contributed by atoms with Crippen molar-refractivity contribution in [2.45, 2.75) is 45.4 Å². The largest absolute Gasteiger partial charge is 0.384 e. The summed E-state index contributed by atoms with van der Waals surface area (Å²) in [5.41, 5.74) is 9.50. The number of carbonyl (C=O) groups is 1. The summed E-state index contributed by atoms with van der Waals surface area (Å²) in [4.78, 5) is 20.7. The second kappa shape index (κ2) is 7.96. The van der Waals surface area contributed by atoms with Gasteiger partial charge in [0.25, 0.3) is 5.91 Å². The van der Waals surface area contributed by atoms with Crippen LogP contribution in [-0.2, 0) is 6.42 Å². The molecule has 1 aromatic heterocycles. The van der Waals surface area contributed by atoms with Crippen molar-refractivity contribution in [1.82, 2.24) is 15.3 Å². The molecule has 6 heteroatoms. The van der Waals surface area contributed by atoms with Crippen LogP contribution < -0.4 is 16.4 Å². The first kappa shape index (κ1) is 17.2. The maximum absolute atomic E-state index is 12.6. The third-order valence-corrected chi connectivity index (χ3v) is 4.51. The number of aryl methyl sites for hydroxylation is 2. The quantitative estimate of drug-likeness (QED) is 0.780. The summed E-state index contributed by atoms with van der Waals surface area (Å²) in [5.74, 6) is 1.10. The standard InChI is InChI=1S/C19H25N5O/c1-13-9-15(24-17-11-16(20)22-12-23-17)10-14-7-5-3-2-4-6-8-21-19(25)18(13)14/h9-12H,2-8H2,1H3,(H,21,25)(H3,20,22,23,24). The van der Waals surface area contributed by atoms with E-state index >= 15 is 0 Å². The van der Waals surface area contributed by atoms with Gasteiger partial charge in [0.1, 0.15) is 18.0 Å². The molecule has 2 aromatic rings. The summed E-state index contributed by atoms with van der Waals surface area (Å²) in [6, 6.07) is 5.73. The van der Waals surface area contributed by atoms with Gasteiger partial charge in [-0.25, -0.2) is 9.97 Å². The third kappa shape index (κ3) is 4.47. The number of nitrogens with two attached hydrogens (primary N) is 1. The predicted octanol–water partition coefficient (Wildman–Crippen LogP) is 3.35. The molecule has 0 spiro atoms. The van der Waals surface area contributed by atoms with Crippen molar-refractivity contribution >= 4 is 23.2 Å². The van der Waals surface area contributed by atoms with Gasteiger partial charge in [-0.1, -0.05) is 19.3 Å². The molecule has 1 aromatic carbocycles. The van der Waals surface area contributed by atoms with Crippen LogP contribution in [0.25, 0.3) is 0 Å². The minimum absolute atomic E-state index is 0.0345. The van der Waals surface area contributed by atoms with Crippen LogP contribution in [0.4, 0.5) is 17.3 Å². The molecule has 0 saturated carbocycles. The van der Waals surface area contributed by atoms with E-state index in [0.29, 0.717) is 11.6 Å². The highest BCUT2D eigenvalue weighted by Crippen LogP contribution is 2.25. The molecule has 132 valence electrons. The van der Waals surface area contributed by atoms with Gasteiger partial charge in [0.05, 0.1) is 0 Å². The van der Waals surface area contributed by atoms with Crippen LogP contribution >= 0.6 is 0 Å². The Hall–Kier alpha value is -2.63. The lowest BCUT2D eigenvalue weighted by Crippen LogP contribution is -2.26. The number of benzene rings is 1. The zero-order chi connectivity index (χ0) is 17.6. The molecular formula is C19H25N5O. The van der Waals surface area contributed by atoms with E-state index in [1.807, 2.05) is 13.0 Å². The molecule has 1 aliphatic heterocycles. The average Bonchev–Trinajstić information content (AvgIpc) is 2.60. The van der Waals surface area contributed by atoms with Crippen LogP contribution in [0.5, 0.6) is 0 Å². The number of hydrogen-bond donors (Lipinski definition) is 3. The molecule has 1 amide bonds. The van der Waals surface area contributed by atoms with Gasteiger partial charge in [0.15, 0.2) is 0 Å². The number of carbonyl (C=O) groups excluding carboxylic acids is 1. The number of anilines is 3. The average molecular weight is 339 g/mol. The van der Waals surface area contributed by atoms with Crippen molar-refractivity contribution in [2.75, 3.05) is 17.6 Å². The van der Waals surface area contributed by atoms with E-state index in [-0.39, 0.29) is 5.91 Å². The molecule has 0 fully saturated rings. The van der Waals surface area contributed by atoms with E-state index in [4.69, 9.17) is 5.73 Å². The first-order valence-corrected chi connectivity index (χ1v) is 8.90. The summed E-state index contributed by atoms with van der Waals surface area (Å²) in [7, 11) is 0. The van der Waals surface area contributed by atoms with Crippen molar-refractivity contribution in [3.8, 4) is 0 Å². The summed E-state index contributed by atoms with van der Waals surface area (Å²) >= 11 is 0. The Morgan fingerprint density at radius 1 is 1.08 bits per heavy atom. The van der Waals surface area contributed by atoms with Crippen LogP contribution in [0.3, 0.4) is 0 Å². The highest BCUT2D eigenvalue weighted by atomic mass is 16.1. The Morgan fingerprint density at radius 3 is 2.72 bits per heavy atom. The zero-order valence-electron chi connectivity index (χ0n) is 14.6. The topological polar surface area (TPSA) is 92.9 Å². The zero-order valence-corrected chi connectivity index (χ0v) is 14.6. The van der Waals surface area contributed by atoms with E-state index in [0.717, 1.165) is 48.2 Å². The van der Waals surface area contributed by atoms with Gasteiger partial charge in [-0.2, -0.15) is 0 Å². The molecule has 3 rings (SSSR count). The second-order valence-corrected chi connectivity index (χ2v) is 6.55. The third-order valence-electron chi connectivity index (χ3n) is 4.51. The lowest BCUT2D eigenvalue weighted by Gasteiger charge is -2.15. The Labute approximate surface area is 148 Å². The number of nitrogen functional groups attached to an aromatic ring is 1. The first-order chi connectivity index (χ1) is 12.1. The summed E-state index contributed by atoms with van der Waals surface area (Å²) in [6.45, 7) is 2.73. The summed E-state index contributed by atoms with van der Waals surface area (Å²) in [6.07, 6.45) is 8.10.